The molecule has 0 saturated carbocycles. The van der Waals surface area contributed by atoms with E-state index in [4.69, 9.17) is 0 Å². The van der Waals surface area contributed by atoms with E-state index in [9.17, 15) is 14.7 Å². The van der Waals surface area contributed by atoms with Crippen molar-refractivity contribution in [1.82, 2.24) is 9.80 Å². The minimum Gasteiger partial charge on any atom is -0.507 e. The number of carbonyl (C=O) groups is 2. The Morgan fingerprint density at radius 2 is 1.53 bits per heavy atom. The van der Waals surface area contributed by atoms with Crippen molar-refractivity contribution in [3.05, 3.63) is 29.3 Å². The molecule has 0 aliphatic rings. The van der Waals surface area contributed by atoms with Crippen LogP contribution in [0.3, 0.4) is 0 Å². The molecule has 0 heterocycles. The Kier molecular flexibility index (Phi) is 3.73. The molecule has 0 aliphatic heterocycles. The minimum absolute atomic E-state index is 0.126. The van der Waals surface area contributed by atoms with E-state index in [2.05, 4.69) is 0 Å². The lowest BCUT2D eigenvalue weighted by Gasteiger charge is -2.14. The van der Waals surface area contributed by atoms with Gasteiger partial charge in [-0.25, -0.2) is 0 Å². The standard InChI is InChI=1S/C12H16N2O3/c1-13(2)11(16)8-5-6-10(15)9(7-8)12(17)14(3)4/h5-7,15H,1-4H3. The Bertz CT molecular complexity index is 453. The zero-order valence-electron chi connectivity index (χ0n) is 10.4. The van der Waals surface area contributed by atoms with Gasteiger partial charge in [0.25, 0.3) is 11.8 Å². The van der Waals surface area contributed by atoms with E-state index in [1.807, 2.05) is 0 Å². The number of hydrogen-bond acceptors (Lipinski definition) is 3. The molecule has 0 radical (unpaired) electrons. The van der Waals surface area contributed by atoms with Crippen molar-refractivity contribution in [3.8, 4) is 5.75 Å². The van der Waals surface area contributed by atoms with Gasteiger partial charge in [-0.3, -0.25) is 9.59 Å². The molecule has 1 N–H and O–H groups in total. The summed E-state index contributed by atoms with van der Waals surface area (Å²) in [5.74, 6) is -0.673. The predicted octanol–water partition coefficient (Wildman–Crippen LogP) is 0.796. The zero-order chi connectivity index (χ0) is 13.2. The fourth-order valence-corrected chi connectivity index (χ4v) is 1.34. The van der Waals surface area contributed by atoms with E-state index in [1.54, 1.807) is 28.2 Å². The number of hydrogen-bond donors (Lipinski definition) is 1. The van der Waals surface area contributed by atoms with Gasteiger partial charge < -0.3 is 14.9 Å². The molecule has 0 unspecified atom stereocenters. The summed E-state index contributed by atoms with van der Waals surface area (Å²) in [7, 11) is 6.43. The first-order chi connectivity index (χ1) is 7.84. The Morgan fingerprint density at radius 1 is 1.00 bits per heavy atom. The first-order valence-corrected chi connectivity index (χ1v) is 5.11. The molecule has 0 bridgehead atoms. The van der Waals surface area contributed by atoms with Crippen LogP contribution in [0.25, 0.3) is 0 Å². The fourth-order valence-electron chi connectivity index (χ4n) is 1.34. The second-order valence-electron chi connectivity index (χ2n) is 4.13. The smallest absolute Gasteiger partial charge is 0.257 e. The van der Waals surface area contributed by atoms with Gasteiger partial charge in [0.2, 0.25) is 0 Å². The predicted molar refractivity (Wildman–Crippen MR) is 64.1 cm³/mol. The van der Waals surface area contributed by atoms with Crippen molar-refractivity contribution in [2.45, 2.75) is 0 Å². The van der Waals surface area contributed by atoms with E-state index in [0.717, 1.165) is 0 Å². The SMILES string of the molecule is CN(C)C(=O)c1ccc(O)c(C(=O)N(C)C)c1. The van der Waals surface area contributed by atoms with Crippen LogP contribution >= 0.6 is 0 Å². The van der Waals surface area contributed by atoms with Gasteiger partial charge >= 0.3 is 0 Å². The number of benzene rings is 1. The molecule has 0 aromatic heterocycles. The van der Waals surface area contributed by atoms with Crippen LogP contribution in [-0.4, -0.2) is 54.9 Å². The summed E-state index contributed by atoms with van der Waals surface area (Å²) in [5, 5.41) is 9.60. The van der Waals surface area contributed by atoms with Gasteiger partial charge in [0.15, 0.2) is 0 Å². The first kappa shape index (κ1) is 13.0. The van der Waals surface area contributed by atoms with E-state index >= 15 is 0 Å². The lowest BCUT2D eigenvalue weighted by Crippen LogP contribution is -2.24. The van der Waals surface area contributed by atoms with Crippen LogP contribution in [0.15, 0.2) is 18.2 Å². The van der Waals surface area contributed by atoms with E-state index in [-0.39, 0.29) is 23.1 Å². The van der Waals surface area contributed by atoms with Gasteiger partial charge in [-0.05, 0) is 18.2 Å². The highest BCUT2D eigenvalue weighted by Gasteiger charge is 2.16. The van der Waals surface area contributed by atoms with Gasteiger partial charge in [0.1, 0.15) is 5.75 Å². The monoisotopic (exact) mass is 236 g/mol. The Morgan fingerprint density at radius 3 is 2.00 bits per heavy atom. The number of phenols is 1. The third-order valence-corrected chi connectivity index (χ3v) is 2.29. The summed E-state index contributed by atoms with van der Waals surface area (Å²) in [6.07, 6.45) is 0. The molecule has 92 valence electrons. The van der Waals surface area contributed by atoms with Crippen LogP contribution in [0, 0.1) is 0 Å². The largest absolute Gasteiger partial charge is 0.507 e. The molecule has 5 nitrogen and oxygen atoms in total. The number of carbonyl (C=O) groups excluding carboxylic acids is 2. The zero-order valence-corrected chi connectivity index (χ0v) is 10.4. The molecule has 1 aromatic carbocycles. The van der Waals surface area contributed by atoms with Crippen molar-refractivity contribution in [3.63, 3.8) is 0 Å². The average Bonchev–Trinajstić information content (AvgIpc) is 2.27. The maximum Gasteiger partial charge on any atom is 0.257 e. The van der Waals surface area contributed by atoms with Gasteiger partial charge in [0, 0.05) is 33.8 Å². The van der Waals surface area contributed by atoms with Crippen molar-refractivity contribution < 1.29 is 14.7 Å². The van der Waals surface area contributed by atoms with E-state index in [1.165, 1.54) is 28.0 Å². The van der Waals surface area contributed by atoms with Crippen molar-refractivity contribution in [2.75, 3.05) is 28.2 Å². The molecule has 1 aromatic rings. The summed E-state index contributed by atoms with van der Waals surface area (Å²) >= 11 is 0. The number of rotatable bonds is 2. The molecule has 0 spiro atoms. The average molecular weight is 236 g/mol. The number of phenolic OH excluding ortho intramolecular Hbond substituents is 1. The number of aromatic hydroxyl groups is 1. The molecule has 5 heteroatoms. The molecule has 0 atom stereocenters. The fraction of sp³-hybridized carbons (Fsp3) is 0.333. The molecule has 0 fully saturated rings. The van der Waals surface area contributed by atoms with Crippen molar-refractivity contribution in [1.29, 1.82) is 0 Å². The van der Waals surface area contributed by atoms with Crippen LogP contribution in [0.4, 0.5) is 0 Å². The third kappa shape index (κ3) is 2.75. The van der Waals surface area contributed by atoms with Crippen LogP contribution in [0.1, 0.15) is 20.7 Å². The summed E-state index contributed by atoms with van der Waals surface area (Å²) in [5.41, 5.74) is 0.501. The van der Waals surface area contributed by atoms with Gasteiger partial charge in [-0.1, -0.05) is 0 Å². The Labute approximate surface area is 100 Å². The normalized spacial score (nSPS) is 9.88. The molecule has 0 saturated heterocycles. The highest BCUT2D eigenvalue weighted by molar-refractivity contribution is 6.01. The number of nitrogens with zero attached hydrogens (tertiary/aromatic N) is 2. The first-order valence-electron chi connectivity index (χ1n) is 5.11. The second kappa shape index (κ2) is 4.86. The van der Waals surface area contributed by atoms with Gasteiger partial charge in [-0.2, -0.15) is 0 Å². The van der Waals surface area contributed by atoms with Crippen LogP contribution in [0.2, 0.25) is 0 Å². The quantitative estimate of drug-likeness (QED) is 0.826. The molecule has 17 heavy (non-hydrogen) atoms. The molecule has 0 aliphatic carbocycles. The minimum atomic E-state index is -0.337. The van der Waals surface area contributed by atoms with Crippen LogP contribution < -0.4 is 0 Å². The molecule has 2 amide bonds. The van der Waals surface area contributed by atoms with E-state index < -0.39 is 0 Å². The van der Waals surface area contributed by atoms with Crippen LogP contribution in [-0.2, 0) is 0 Å². The van der Waals surface area contributed by atoms with Gasteiger partial charge in [0.05, 0.1) is 5.56 Å². The maximum absolute atomic E-state index is 11.8. The topological polar surface area (TPSA) is 60.9 Å². The van der Waals surface area contributed by atoms with Gasteiger partial charge in [-0.15, -0.1) is 0 Å². The highest BCUT2D eigenvalue weighted by Crippen LogP contribution is 2.20. The van der Waals surface area contributed by atoms with Crippen molar-refractivity contribution in [2.24, 2.45) is 0 Å². The van der Waals surface area contributed by atoms with E-state index in [0.29, 0.717) is 5.56 Å². The summed E-state index contributed by atoms with van der Waals surface area (Å²) < 4.78 is 0. The Hall–Kier alpha value is -2.04. The second-order valence-corrected chi connectivity index (χ2v) is 4.13. The Balaban J connectivity index is 3.20. The van der Waals surface area contributed by atoms with Crippen molar-refractivity contribution >= 4 is 11.8 Å². The summed E-state index contributed by atoms with van der Waals surface area (Å²) in [6.45, 7) is 0. The van der Waals surface area contributed by atoms with Crippen LogP contribution in [0.5, 0.6) is 5.75 Å². The molecular weight excluding hydrogens is 220 g/mol. The third-order valence-electron chi connectivity index (χ3n) is 2.29. The molecule has 1 rings (SSSR count). The summed E-state index contributed by atoms with van der Waals surface area (Å²) in [4.78, 5) is 26.2. The lowest BCUT2D eigenvalue weighted by molar-refractivity contribution is 0.0824. The molecular formula is C12H16N2O3. The maximum atomic E-state index is 11.8. The highest BCUT2D eigenvalue weighted by atomic mass is 16.3. The lowest BCUT2D eigenvalue weighted by atomic mass is 10.1. The number of amides is 2. The summed E-state index contributed by atoms with van der Waals surface area (Å²) in [6, 6.07) is 4.25.